The molecule has 2 rings (SSSR count). The van der Waals surface area contributed by atoms with Gasteiger partial charge in [-0.2, -0.15) is 0 Å². The predicted molar refractivity (Wildman–Crippen MR) is 73.4 cm³/mol. The molecule has 2 nitrogen and oxygen atoms in total. The van der Waals surface area contributed by atoms with Crippen LogP contribution in [-0.4, -0.2) is 10.1 Å². The molecule has 94 valence electrons. The molecule has 18 heavy (non-hydrogen) atoms. The van der Waals surface area contributed by atoms with E-state index in [0.717, 1.165) is 17.5 Å². The Kier molecular flexibility index (Phi) is 4.11. The van der Waals surface area contributed by atoms with Crippen LogP contribution in [0.4, 0.5) is 0 Å². The third-order valence-electron chi connectivity index (χ3n) is 3.23. The number of nitrogens with zero attached hydrogens (tertiary/aromatic N) is 1. The molecule has 0 aliphatic rings. The van der Waals surface area contributed by atoms with Gasteiger partial charge in [0.1, 0.15) is 0 Å². The van der Waals surface area contributed by atoms with Crippen molar-refractivity contribution in [3.05, 3.63) is 65.5 Å². The summed E-state index contributed by atoms with van der Waals surface area (Å²) in [4.78, 5) is 4.13. The number of hydrogen-bond donors (Lipinski definition) is 1. The van der Waals surface area contributed by atoms with Gasteiger partial charge < -0.3 is 5.11 Å². The van der Waals surface area contributed by atoms with Gasteiger partial charge >= 0.3 is 0 Å². The zero-order valence-corrected chi connectivity index (χ0v) is 10.9. The molecular weight excluding hydrogens is 222 g/mol. The highest BCUT2D eigenvalue weighted by atomic mass is 16.3. The van der Waals surface area contributed by atoms with Crippen molar-refractivity contribution in [1.82, 2.24) is 4.98 Å². The lowest BCUT2D eigenvalue weighted by Gasteiger charge is -2.17. The van der Waals surface area contributed by atoms with Gasteiger partial charge in [0.2, 0.25) is 0 Å². The summed E-state index contributed by atoms with van der Waals surface area (Å²) < 4.78 is 0. The van der Waals surface area contributed by atoms with Crippen molar-refractivity contribution in [3.63, 3.8) is 0 Å². The number of aliphatic hydroxyl groups is 1. The van der Waals surface area contributed by atoms with Crippen LogP contribution in [0.15, 0.2) is 48.8 Å². The van der Waals surface area contributed by atoms with E-state index in [4.69, 9.17) is 0 Å². The first-order chi connectivity index (χ1) is 8.66. The first-order valence-corrected chi connectivity index (χ1v) is 6.31. The molecule has 1 aromatic heterocycles. The Morgan fingerprint density at radius 3 is 2.50 bits per heavy atom. The largest absolute Gasteiger partial charge is 0.388 e. The van der Waals surface area contributed by atoms with E-state index in [1.807, 2.05) is 31.2 Å². The van der Waals surface area contributed by atoms with Gasteiger partial charge in [0.25, 0.3) is 0 Å². The molecule has 0 radical (unpaired) electrons. The Labute approximate surface area is 108 Å². The summed E-state index contributed by atoms with van der Waals surface area (Å²) in [7, 11) is 0. The SMILES string of the molecule is Cc1cncc(C(O)CC(C)c2ccccc2)c1. The zero-order valence-electron chi connectivity index (χ0n) is 10.9. The summed E-state index contributed by atoms with van der Waals surface area (Å²) in [6.07, 6.45) is 3.81. The van der Waals surface area contributed by atoms with Crippen LogP contribution in [0.2, 0.25) is 0 Å². The normalized spacial score (nSPS) is 14.2. The minimum Gasteiger partial charge on any atom is -0.388 e. The molecule has 0 saturated carbocycles. The monoisotopic (exact) mass is 241 g/mol. The van der Waals surface area contributed by atoms with E-state index in [1.54, 1.807) is 12.4 Å². The second kappa shape index (κ2) is 5.78. The Hall–Kier alpha value is -1.67. The van der Waals surface area contributed by atoms with Crippen LogP contribution in [0.1, 0.15) is 42.1 Å². The van der Waals surface area contributed by atoms with Crippen molar-refractivity contribution >= 4 is 0 Å². The molecule has 2 unspecified atom stereocenters. The van der Waals surface area contributed by atoms with Gasteiger partial charge in [0.05, 0.1) is 6.10 Å². The summed E-state index contributed by atoms with van der Waals surface area (Å²) in [5, 5.41) is 10.2. The van der Waals surface area contributed by atoms with Gasteiger partial charge in [0.15, 0.2) is 0 Å². The van der Waals surface area contributed by atoms with Crippen LogP contribution in [0.3, 0.4) is 0 Å². The van der Waals surface area contributed by atoms with Crippen LogP contribution in [-0.2, 0) is 0 Å². The molecule has 2 heteroatoms. The summed E-state index contributed by atoms with van der Waals surface area (Å²) in [5.41, 5.74) is 3.24. The molecule has 1 heterocycles. The molecule has 0 fully saturated rings. The third kappa shape index (κ3) is 3.17. The number of aryl methyl sites for hydroxylation is 1. The average Bonchev–Trinajstić information content (AvgIpc) is 2.39. The number of aromatic nitrogens is 1. The molecular formula is C16H19NO. The van der Waals surface area contributed by atoms with Gasteiger partial charge in [-0.05, 0) is 36.0 Å². The Morgan fingerprint density at radius 1 is 1.11 bits per heavy atom. The standard InChI is InChI=1S/C16H19NO/c1-12-8-15(11-17-10-12)16(18)9-13(2)14-6-4-3-5-7-14/h3-8,10-11,13,16,18H,9H2,1-2H3. The molecule has 1 N–H and O–H groups in total. The van der Waals surface area contributed by atoms with Crippen molar-refractivity contribution in [1.29, 1.82) is 0 Å². The molecule has 2 aromatic rings. The van der Waals surface area contributed by atoms with Crippen LogP contribution in [0.5, 0.6) is 0 Å². The fourth-order valence-corrected chi connectivity index (χ4v) is 2.15. The maximum Gasteiger partial charge on any atom is 0.0810 e. The molecule has 0 spiro atoms. The van der Waals surface area contributed by atoms with Gasteiger partial charge in [-0.25, -0.2) is 0 Å². The topological polar surface area (TPSA) is 33.1 Å². The van der Waals surface area contributed by atoms with Crippen molar-refractivity contribution in [2.75, 3.05) is 0 Å². The van der Waals surface area contributed by atoms with E-state index in [2.05, 4.69) is 24.0 Å². The summed E-state index contributed by atoms with van der Waals surface area (Å²) in [6.45, 7) is 4.13. The van der Waals surface area contributed by atoms with Gasteiger partial charge in [0, 0.05) is 12.4 Å². The summed E-state index contributed by atoms with van der Waals surface area (Å²) >= 11 is 0. The van der Waals surface area contributed by atoms with Crippen molar-refractivity contribution in [3.8, 4) is 0 Å². The van der Waals surface area contributed by atoms with Crippen LogP contribution in [0, 0.1) is 6.92 Å². The highest BCUT2D eigenvalue weighted by Gasteiger charge is 2.14. The fraction of sp³-hybridized carbons (Fsp3) is 0.312. The predicted octanol–water partition coefficient (Wildman–Crippen LogP) is 3.62. The Morgan fingerprint density at radius 2 is 1.83 bits per heavy atom. The lowest BCUT2D eigenvalue weighted by molar-refractivity contribution is 0.159. The minimum absolute atomic E-state index is 0.335. The first-order valence-electron chi connectivity index (χ1n) is 6.31. The van der Waals surface area contributed by atoms with Gasteiger partial charge in [-0.1, -0.05) is 43.3 Å². The molecule has 1 aromatic carbocycles. The second-order valence-electron chi connectivity index (χ2n) is 4.86. The number of pyridine rings is 1. The molecule has 2 atom stereocenters. The number of benzene rings is 1. The Bertz CT molecular complexity index is 495. The van der Waals surface area contributed by atoms with E-state index >= 15 is 0 Å². The number of rotatable bonds is 4. The molecule has 0 aliphatic carbocycles. The van der Waals surface area contributed by atoms with E-state index in [0.29, 0.717) is 5.92 Å². The smallest absolute Gasteiger partial charge is 0.0810 e. The van der Waals surface area contributed by atoms with Gasteiger partial charge in [-0.15, -0.1) is 0 Å². The highest BCUT2D eigenvalue weighted by Crippen LogP contribution is 2.27. The van der Waals surface area contributed by atoms with E-state index in [1.165, 1.54) is 5.56 Å². The van der Waals surface area contributed by atoms with Crippen LogP contribution >= 0.6 is 0 Å². The molecule has 0 aliphatic heterocycles. The quantitative estimate of drug-likeness (QED) is 0.887. The van der Waals surface area contributed by atoms with Crippen LogP contribution < -0.4 is 0 Å². The third-order valence-corrected chi connectivity index (χ3v) is 3.23. The zero-order chi connectivity index (χ0) is 13.0. The molecule has 0 saturated heterocycles. The van der Waals surface area contributed by atoms with E-state index < -0.39 is 6.10 Å². The van der Waals surface area contributed by atoms with Gasteiger partial charge in [-0.3, -0.25) is 4.98 Å². The van der Waals surface area contributed by atoms with Crippen molar-refractivity contribution in [2.24, 2.45) is 0 Å². The van der Waals surface area contributed by atoms with E-state index in [9.17, 15) is 5.11 Å². The number of aliphatic hydroxyl groups excluding tert-OH is 1. The average molecular weight is 241 g/mol. The van der Waals surface area contributed by atoms with Crippen molar-refractivity contribution in [2.45, 2.75) is 32.3 Å². The maximum atomic E-state index is 10.2. The molecule has 0 bridgehead atoms. The first kappa shape index (κ1) is 12.8. The highest BCUT2D eigenvalue weighted by molar-refractivity contribution is 5.22. The van der Waals surface area contributed by atoms with Crippen LogP contribution in [0.25, 0.3) is 0 Å². The summed E-state index contributed by atoms with van der Waals surface area (Å²) in [6, 6.07) is 12.3. The lowest BCUT2D eigenvalue weighted by atomic mass is 9.92. The Balaban J connectivity index is 2.05. The number of hydrogen-bond acceptors (Lipinski definition) is 2. The lowest BCUT2D eigenvalue weighted by Crippen LogP contribution is -2.04. The fourth-order valence-electron chi connectivity index (χ4n) is 2.15. The summed E-state index contributed by atoms with van der Waals surface area (Å²) in [5.74, 6) is 0.335. The van der Waals surface area contributed by atoms with Crippen molar-refractivity contribution < 1.29 is 5.11 Å². The van der Waals surface area contributed by atoms with E-state index in [-0.39, 0.29) is 0 Å². The maximum absolute atomic E-state index is 10.2. The molecule has 0 amide bonds. The second-order valence-corrected chi connectivity index (χ2v) is 4.86. The minimum atomic E-state index is -0.451.